The summed E-state index contributed by atoms with van der Waals surface area (Å²) in [5.74, 6) is -1.84. The molecule has 0 unspecified atom stereocenters. The van der Waals surface area contributed by atoms with Crippen LogP contribution in [0.5, 0.6) is 0 Å². The molecule has 1 aromatic heterocycles. The molecule has 0 aliphatic carbocycles. The maximum absolute atomic E-state index is 13.4. The Bertz CT molecular complexity index is 577. The van der Waals surface area contributed by atoms with Crippen molar-refractivity contribution < 1.29 is 22.0 Å². The number of benzene rings is 1. The fourth-order valence-corrected chi connectivity index (χ4v) is 1.44. The van der Waals surface area contributed by atoms with Gasteiger partial charge in [-0.3, -0.25) is 0 Å². The number of hydrogen-bond donors (Lipinski definition) is 0. The maximum atomic E-state index is 13.4. The second kappa shape index (κ2) is 4.36. The van der Waals surface area contributed by atoms with Crippen molar-refractivity contribution in [2.45, 2.75) is 6.18 Å². The van der Waals surface area contributed by atoms with Gasteiger partial charge in [-0.05, 0) is 24.3 Å². The average molecular weight is 259 g/mol. The molecule has 94 valence electrons. The molecule has 0 aliphatic rings. The van der Waals surface area contributed by atoms with Crippen LogP contribution >= 0.6 is 0 Å². The van der Waals surface area contributed by atoms with Crippen molar-refractivity contribution >= 4 is 0 Å². The highest BCUT2D eigenvalue weighted by Gasteiger charge is 2.33. The van der Waals surface area contributed by atoms with E-state index in [4.69, 9.17) is 0 Å². The van der Waals surface area contributed by atoms with Gasteiger partial charge in [0.05, 0.1) is 0 Å². The predicted molar refractivity (Wildman–Crippen MR) is 54.6 cm³/mol. The van der Waals surface area contributed by atoms with Gasteiger partial charge in [0.2, 0.25) is 0 Å². The Labute approximate surface area is 98.9 Å². The first-order valence-corrected chi connectivity index (χ1v) is 4.88. The van der Waals surface area contributed by atoms with Gasteiger partial charge in [-0.15, -0.1) is 0 Å². The van der Waals surface area contributed by atoms with Gasteiger partial charge in [-0.1, -0.05) is 12.1 Å². The summed E-state index contributed by atoms with van der Waals surface area (Å²) >= 11 is 0. The highest BCUT2D eigenvalue weighted by molar-refractivity contribution is 5.60. The van der Waals surface area contributed by atoms with E-state index in [9.17, 15) is 22.0 Å². The molecule has 0 amide bonds. The lowest BCUT2D eigenvalue weighted by atomic mass is 10.1. The molecule has 2 aromatic rings. The Morgan fingerprint density at radius 2 is 1.50 bits per heavy atom. The first-order valence-electron chi connectivity index (χ1n) is 4.88. The zero-order chi connectivity index (χ0) is 13.3. The van der Waals surface area contributed by atoms with E-state index >= 15 is 0 Å². The second-order valence-electron chi connectivity index (χ2n) is 3.50. The van der Waals surface area contributed by atoms with E-state index in [2.05, 4.69) is 4.98 Å². The minimum atomic E-state index is -4.70. The number of rotatable bonds is 1. The molecule has 1 aromatic carbocycles. The molecule has 1 heterocycles. The molecule has 6 heteroatoms. The van der Waals surface area contributed by atoms with Crippen molar-refractivity contribution in [1.29, 1.82) is 0 Å². The Balaban J connectivity index is 2.61. The summed E-state index contributed by atoms with van der Waals surface area (Å²) in [7, 11) is 0. The van der Waals surface area contributed by atoms with E-state index in [1.54, 1.807) is 0 Å². The van der Waals surface area contributed by atoms with Gasteiger partial charge >= 0.3 is 6.18 Å². The molecule has 0 atom stereocenters. The van der Waals surface area contributed by atoms with E-state index < -0.39 is 29.2 Å². The summed E-state index contributed by atoms with van der Waals surface area (Å²) in [4.78, 5) is 3.13. The predicted octanol–water partition coefficient (Wildman–Crippen LogP) is 4.05. The van der Waals surface area contributed by atoms with Crippen molar-refractivity contribution in [3.8, 4) is 11.3 Å². The monoisotopic (exact) mass is 259 g/mol. The van der Waals surface area contributed by atoms with Gasteiger partial charge in [-0.25, -0.2) is 13.8 Å². The molecular weight excluding hydrogens is 253 g/mol. The van der Waals surface area contributed by atoms with Gasteiger partial charge < -0.3 is 0 Å². The highest BCUT2D eigenvalue weighted by atomic mass is 19.4. The molecule has 0 N–H and O–H groups in total. The Morgan fingerprint density at radius 3 is 2.11 bits per heavy atom. The van der Waals surface area contributed by atoms with Crippen LogP contribution < -0.4 is 0 Å². The first-order chi connectivity index (χ1) is 8.39. The quantitative estimate of drug-likeness (QED) is 0.704. The van der Waals surface area contributed by atoms with Crippen LogP contribution in [0.25, 0.3) is 11.3 Å². The number of hydrogen-bond acceptors (Lipinski definition) is 1. The van der Waals surface area contributed by atoms with Crippen LogP contribution in [0, 0.1) is 11.6 Å². The minimum absolute atomic E-state index is 0.305. The molecule has 0 bridgehead atoms. The lowest BCUT2D eigenvalue weighted by Crippen LogP contribution is -2.09. The van der Waals surface area contributed by atoms with E-state index in [1.807, 2.05) is 0 Å². The lowest BCUT2D eigenvalue weighted by molar-refractivity contribution is -0.141. The number of pyridine rings is 1. The topological polar surface area (TPSA) is 12.9 Å². The molecule has 0 radical (unpaired) electrons. The fraction of sp³-hybridized carbons (Fsp3) is 0.0833. The Morgan fingerprint density at radius 1 is 0.833 bits per heavy atom. The van der Waals surface area contributed by atoms with E-state index in [1.165, 1.54) is 18.2 Å². The van der Waals surface area contributed by atoms with Crippen molar-refractivity contribution in [2.24, 2.45) is 0 Å². The number of nitrogens with zero attached hydrogens (tertiary/aromatic N) is 1. The molecule has 0 saturated carbocycles. The summed E-state index contributed by atoms with van der Waals surface area (Å²) in [5, 5.41) is 0. The standard InChI is InChI=1S/C12H6F5N/c13-8-4-2-1-3-7(8)11-9(14)5-6-10(18-11)12(15,16)17/h1-6H. The van der Waals surface area contributed by atoms with Gasteiger partial charge in [0.1, 0.15) is 23.0 Å². The van der Waals surface area contributed by atoms with Crippen molar-refractivity contribution in [3.63, 3.8) is 0 Å². The third kappa shape index (κ3) is 2.32. The van der Waals surface area contributed by atoms with Gasteiger partial charge in [-0.2, -0.15) is 13.2 Å². The SMILES string of the molecule is Fc1ccccc1-c1nc(C(F)(F)F)ccc1F. The Kier molecular flexibility index (Phi) is 3.02. The lowest BCUT2D eigenvalue weighted by Gasteiger charge is -2.09. The van der Waals surface area contributed by atoms with Gasteiger partial charge in [0.15, 0.2) is 0 Å². The van der Waals surface area contributed by atoms with Crippen LogP contribution in [0.3, 0.4) is 0 Å². The Hall–Kier alpha value is -1.98. The molecule has 0 fully saturated rings. The van der Waals surface area contributed by atoms with Crippen LogP contribution in [0.15, 0.2) is 36.4 Å². The first kappa shape index (κ1) is 12.5. The second-order valence-corrected chi connectivity index (χ2v) is 3.50. The van der Waals surface area contributed by atoms with Crippen molar-refractivity contribution in [2.75, 3.05) is 0 Å². The highest BCUT2D eigenvalue weighted by Crippen LogP contribution is 2.31. The molecule has 2 rings (SSSR count). The number of aromatic nitrogens is 1. The number of halogens is 5. The van der Waals surface area contributed by atoms with Crippen LogP contribution in [0.1, 0.15) is 5.69 Å². The van der Waals surface area contributed by atoms with Gasteiger partial charge in [0, 0.05) is 5.56 Å². The summed E-state index contributed by atoms with van der Waals surface area (Å²) in [5.41, 5.74) is -2.22. The van der Waals surface area contributed by atoms with Crippen LogP contribution in [0.2, 0.25) is 0 Å². The summed E-state index contributed by atoms with van der Waals surface area (Å²) < 4.78 is 64.1. The third-order valence-corrected chi connectivity index (χ3v) is 2.27. The number of alkyl halides is 3. The average Bonchev–Trinajstić information content (AvgIpc) is 2.29. The van der Waals surface area contributed by atoms with Crippen LogP contribution in [-0.4, -0.2) is 4.98 Å². The largest absolute Gasteiger partial charge is 0.433 e. The molecule has 0 aliphatic heterocycles. The minimum Gasteiger partial charge on any atom is -0.240 e. The molecule has 1 nitrogen and oxygen atoms in total. The molecule has 0 saturated heterocycles. The summed E-state index contributed by atoms with van der Waals surface area (Å²) in [6.45, 7) is 0. The molecule has 0 spiro atoms. The fourth-order valence-electron chi connectivity index (χ4n) is 1.44. The van der Waals surface area contributed by atoms with E-state index in [0.717, 1.165) is 6.07 Å². The van der Waals surface area contributed by atoms with Crippen molar-refractivity contribution in [1.82, 2.24) is 4.98 Å². The van der Waals surface area contributed by atoms with Crippen LogP contribution in [-0.2, 0) is 6.18 Å². The van der Waals surface area contributed by atoms with Gasteiger partial charge in [0.25, 0.3) is 0 Å². The molecule has 18 heavy (non-hydrogen) atoms. The van der Waals surface area contributed by atoms with Crippen LogP contribution in [0.4, 0.5) is 22.0 Å². The normalized spacial score (nSPS) is 11.6. The van der Waals surface area contributed by atoms with E-state index in [0.29, 0.717) is 12.1 Å². The third-order valence-electron chi connectivity index (χ3n) is 2.27. The van der Waals surface area contributed by atoms with E-state index in [-0.39, 0.29) is 5.56 Å². The summed E-state index contributed by atoms with van der Waals surface area (Å²) in [6.07, 6.45) is -4.70. The zero-order valence-electron chi connectivity index (χ0n) is 8.80. The zero-order valence-corrected chi connectivity index (χ0v) is 8.80. The van der Waals surface area contributed by atoms with Crippen molar-refractivity contribution in [3.05, 3.63) is 53.7 Å². The maximum Gasteiger partial charge on any atom is 0.433 e. The molecular formula is C12H6F5N. The summed E-state index contributed by atoms with van der Waals surface area (Å²) in [6, 6.07) is 6.07. The smallest absolute Gasteiger partial charge is 0.240 e.